The van der Waals surface area contributed by atoms with Crippen LogP contribution >= 0.6 is 0 Å². The number of hydrogen-bond donors (Lipinski definition) is 1. The fourth-order valence-corrected chi connectivity index (χ4v) is 1.19. The van der Waals surface area contributed by atoms with Crippen LogP contribution < -0.4 is 5.32 Å². The molecule has 0 unspecified atom stereocenters. The maximum Gasteiger partial charge on any atom is 0.264 e. The Kier molecular flexibility index (Phi) is 5.09. The minimum Gasteiger partial charge on any atom is -0.385 e. The highest BCUT2D eigenvalue weighted by atomic mass is 19.3. The van der Waals surface area contributed by atoms with E-state index in [1.165, 1.54) is 6.20 Å². The number of halogens is 2. The zero-order valence-corrected chi connectivity index (χ0v) is 9.37. The molecule has 0 spiro atoms. The second kappa shape index (κ2) is 5.32. The second-order valence-electron chi connectivity index (χ2n) is 4.86. The Morgan fingerprint density at radius 3 is 2.21 bits per heavy atom. The van der Waals surface area contributed by atoms with Crippen molar-refractivity contribution in [3.63, 3.8) is 0 Å². The Morgan fingerprint density at radius 2 is 1.79 bits per heavy atom. The van der Waals surface area contributed by atoms with Crippen molar-refractivity contribution < 1.29 is 8.78 Å². The molecule has 3 heteroatoms. The third-order valence-electron chi connectivity index (χ3n) is 1.97. The molecule has 1 N–H and O–H groups in total. The van der Waals surface area contributed by atoms with E-state index >= 15 is 0 Å². The molecule has 0 heterocycles. The van der Waals surface area contributed by atoms with Gasteiger partial charge in [0.1, 0.15) is 0 Å². The lowest BCUT2D eigenvalue weighted by Gasteiger charge is -2.21. The van der Waals surface area contributed by atoms with Gasteiger partial charge in [-0.3, -0.25) is 0 Å². The molecule has 0 atom stereocenters. The van der Waals surface area contributed by atoms with Crippen LogP contribution in [0.25, 0.3) is 0 Å². The molecule has 0 saturated carbocycles. The van der Waals surface area contributed by atoms with Crippen molar-refractivity contribution in [2.24, 2.45) is 5.41 Å². The van der Waals surface area contributed by atoms with Gasteiger partial charge in [-0.05, 0) is 24.5 Å². The van der Waals surface area contributed by atoms with Crippen molar-refractivity contribution in [3.8, 4) is 0 Å². The van der Waals surface area contributed by atoms with Gasteiger partial charge in [-0.2, -0.15) is 0 Å². The van der Waals surface area contributed by atoms with Gasteiger partial charge < -0.3 is 5.32 Å². The van der Waals surface area contributed by atoms with Crippen LogP contribution in [-0.2, 0) is 0 Å². The first kappa shape index (κ1) is 13.4. The Bertz CT molecular complexity index is 171. The van der Waals surface area contributed by atoms with Crippen LogP contribution in [0.15, 0.2) is 12.8 Å². The van der Waals surface area contributed by atoms with E-state index in [1.807, 2.05) is 0 Å². The van der Waals surface area contributed by atoms with Gasteiger partial charge in [0.2, 0.25) is 0 Å². The highest BCUT2D eigenvalue weighted by Crippen LogP contribution is 2.26. The van der Waals surface area contributed by atoms with Gasteiger partial charge in [-0.15, -0.1) is 0 Å². The van der Waals surface area contributed by atoms with Crippen LogP contribution in [0.4, 0.5) is 8.78 Å². The SMILES string of the molecule is C=CNCC(F)(F)CCCC(C)(C)C. The average Bonchev–Trinajstić information content (AvgIpc) is 1.98. The lowest BCUT2D eigenvalue weighted by Crippen LogP contribution is -2.29. The molecular weight excluding hydrogens is 184 g/mol. The zero-order chi connectivity index (χ0) is 11.2. The summed E-state index contributed by atoms with van der Waals surface area (Å²) in [6, 6.07) is 0. The van der Waals surface area contributed by atoms with Crippen LogP contribution in [0.3, 0.4) is 0 Å². The molecule has 0 radical (unpaired) electrons. The zero-order valence-electron chi connectivity index (χ0n) is 9.37. The first-order valence-corrected chi connectivity index (χ1v) is 4.99. The van der Waals surface area contributed by atoms with E-state index in [0.29, 0.717) is 6.42 Å². The maximum atomic E-state index is 13.1. The molecule has 0 aliphatic rings. The number of alkyl halides is 2. The molecule has 0 fully saturated rings. The molecular formula is C11H21F2N. The lowest BCUT2D eigenvalue weighted by atomic mass is 9.89. The van der Waals surface area contributed by atoms with Gasteiger partial charge in [-0.25, -0.2) is 8.78 Å². The van der Waals surface area contributed by atoms with E-state index in [2.05, 4.69) is 32.7 Å². The summed E-state index contributed by atoms with van der Waals surface area (Å²) in [6.45, 7) is 9.22. The molecule has 0 aromatic carbocycles. The summed E-state index contributed by atoms with van der Waals surface area (Å²) in [7, 11) is 0. The summed E-state index contributed by atoms with van der Waals surface area (Å²) in [5.74, 6) is -2.61. The molecule has 0 aromatic rings. The molecule has 84 valence electrons. The summed E-state index contributed by atoms with van der Waals surface area (Å²) in [5.41, 5.74) is 0.141. The van der Waals surface area contributed by atoms with Crippen LogP contribution in [0, 0.1) is 5.41 Å². The van der Waals surface area contributed by atoms with Crippen LogP contribution in [-0.4, -0.2) is 12.5 Å². The maximum absolute atomic E-state index is 13.1. The van der Waals surface area contributed by atoms with E-state index in [4.69, 9.17) is 0 Å². The van der Waals surface area contributed by atoms with Gasteiger partial charge in [0.05, 0.1) is 6.54 Å². The molecule has 0 rings (SSSR count). The Morgan fingerprint density at radius 1 is 1.21 bits per heavy atom. The quantitative estimate of drug-likeness (QED) is 0.699. The minimum atomic E-state index is -2.61. The fourth-order valence-electron chi connectivity index (χ4n) is 1.19. The van der Waals surface area contributed by atoms with E-state index < -0.39 is 5.92 Å². The van der Waals surface area contributed by atoms with Crippen molar-refractivity contribution in [2.45, 2.75) is 46.0 Å². The molecule has 0 aromatic heterocycles. The third kappa shape index (κ3) is 8.02. The molecule has 14 heavy (non-hydrogen) atoms. The largest absolute Gasteiger partial charge is 0.385 e. The van der Waals surface area contributed by atoms with Crippen LogP contribution in [0.2, 0.25) is 0 Å². The van der Waals surface area contributed by atoms with Crippen molar-refractivity contribution in [3.05, 3.63) is 12.8 Å². The predicted octanol–water partition coefficient (Wildman–Crippen LogP) is 3.57. The van der Waals surface area contributed by atoms with Crippen LogP contribution in [0.1, 0.15) is 40.0 Å². The predicted molar refractivity (Wildman–Crippen MR) is 56.5 cm³/mol. The summed E-state index contributed by atoms with van der Waals surface area (Å²) in [5, 5.41) is 2.45. The highest BCUT2D eigenvalue weighted by molar-refractivity contribution is 4.75. The van der Waals surface area contributed by atoms with Gasteiger partial charge in [0.25, 0.3) is 5.92 Å². The van der Waals surface area contributed by atoms with Gasteiger partial charge in [0.15, 0.2) is 0 Å². The standard InChI is InChI=1S/C11H21F2N/c1-5-14-9-11(12,13)8-6-7-10(2,3)4/h5,14H,1,6-9H2,2-4H3. The molecule has 0 amide bonds. The van der Waals surface area contributed by atoms with Gasteiger partial charge >= 0.3 is 0 Å². The molecule has 0 aliphatic heterocycles. The monoisotopic (exact) mass is 205 g/mol. The first-order valence-electron chi connectivity index (χ1n) is 4.99. The minimum absolute atomic E-state index is 0.0505. The number of nitrogens with one attached hydrogen (secondary N) is 1. The molecule has 0 aliphatic carbocycles. The average molecular weight is 205 g/mol. The van der Waals surface area contributed by atoms with E-state index in [-0.39, 0.29) is 18.4 Å². The van der Waals surface area contributed by atoms with Crippen molar-refractivity contribution in [2.75, 3.05) is 6.54 Å². The van der Waals surface area contributed by atoms with Gasteiger partial charge in [0, 0.05) is 6.42 Å². The molecule has 1 nitrogen and oxygen atoms in total. The first-order chi connectivity index (χ1) is 6.27. The van der Waals surface area contributed by atoms with Crippen molar-refractivity contribution >= 4 is 0 Å². The number of hydrogen-bond acceptors (Lipinski definition) is 1. The van der Waals surface area contributed by atoms with Gasteiger partial charge in [-0.1, -0.05) is 27.4 Å². The Balaban J connectivity index is 3.70. The molecule has 0 bridgehead atoms. The Labute approximate surface area is 85.6 Å². The van der Waals surface area contributed by atoms with E-state index in [9.17, 15) is 8.78 Å². The van der Waals surface area contributed by atoms with Crippen molar-refractivity contribution in [1.29, 1.82) is 0 Å². The van der Waals surface area contributed by atoms with E-state index in [0.717, 1.165) is 6.42 Å². The summed E-state index contributed by atoms with van der Waals surface area (Å²) >= 11 is 0. The third-order valence-corrected chi connectivity index (χ3v) is 1.97. The number of rotatable bonds is 6. The summed E-state index contributed by atoms with van der Waals surface area (Å²) in [6.07, 6.45) is 2.65. The fraction of sp³-hybridized carbons (Fsp3) is 0.818. The normalized spacial score (nSPS) is 12.6. The van der Waals surface area contributed by atoms with E-state index in [1.54, 1.807) is 0 Å². The highest BCUT2D eigenvalue weighted by Gasteiger charge is 2.27. The van der Waals surface area contributed by atoms with Crippen molar-refractivity contribution in [1.82, 2.24) is 5.32 Å². The summed E-state index contributed by atoms with van der Waals surface area (Å²) in [4.78, 5) is 0. The Hall–Kier alpha value is -0.600. The molecule has 0 saturated heterocycles. The lowest BCUT2D eigenvalue weighted by molar-refractivity contribution is -0.00752. The smallest absolute Gasteiger partial charge is 0.264 e. The topological polar surface area (TPSA) is 12.0 Å². The second-order valence-corrected chi connectivity index (χ2v) is 4.86. The summed E-state index contributed by atoms with van der Waals surface area (Å²) < 4.78 is 26.2. The van der Waals surface area contributed by atoms with Crippen LogP contribution in [0.5, 0.6) is 0 Å².